The first-order valence-electron chi connectivity index (χ1n) is 4.38. The van der Waals surface area contributed by atoms with E-state index in [0.717, 1.165) is 11.1 Å². The Morgan fingerprint density at radius 3 is 2.79 bits per heavy atom. The summed E-state index contributed by atoms with van der Waals surface area (Å²) in [6, 6.07) is 5.11. The molecule has 0 bridgehead atoms. The van der Waals surface area contributed by atoms with E-state index in [1.807, 2.05) is 6.07 Å². The molecular formula is C10H13NO3. The van der Waals surface area contributed by atoms with Crippen LogP contribution in [0.5, 0.6) is 0 Å². The summed E-state index contributed by atoms with van der Waals surface area (Å²) >= 11 is 0. The smallest absolute Gasteiger partial charge is 0.272 e. The van der Waals surface area contributed by atoms with E-state index in [9.17, 15) is 10.1 Å². The molecule has 0 atom stereocenters. The molecule has 0 aliphatic heterocycles. The lowest BCUT2D eigenvalue weighted by Gasteiger charge is -2.04. The van der Waals surface area contributed by atoms with E-state index >= 15 is 0 Å². The maximum atomic E-state index is 10.6. The highest BCUT2D eigenvalue weighted by molar-refractivity contribution is 5.44. The number of ether oxygens (including phenoxy) is 1. The molecule has 0 fully saturated rings. The molecule has 0 unspecified atom stereocenters. The maximum absolute atomic E-state index is 10.6. The quantitative estimate of drug-likeness (QED) is 0.546. The first-order valence-corrected chi connectivity index (χ1v) is 4.38. The highest BCUT2D eigenvalue weighted by Gasteiger charge is 2.12. The normalized spacial score (nSPS) is 10.1. The van der Waals surface area contributed by atoms with Gasteiger partial charge in [0.2, 0.25) is 0 Å². The predicted molar refractivity (Wildman–Crippen MR) is 53.4 cm³/mol. The first-order chi connectivity index (χ1) is 6.66. The van der Waals surface area contributed by atoms with Crippen LogP contribution in [0.1, 0.15) is 11.1 Å². The zero-order valence-electron chi connectivity index (χ0n) is 8.32. The minimum Gasteiger partial charge on any atom is -0.384 e. The Labute approximate surface area is 82.7 Å². The van der Waals surface area contributed by atoms with Crippen LogP contribution >= 0.6 is 0 Å². The number of benzene rings is 1. The second kappa shape index (κ2) is 4.72. The van der Waals surface area contributed by atoms with Crippen molar-refractivity contribution in [2.75, 3.05) is 13.7 Å². The molecule has 14 heavy (non-hydrogen) atoms. The van der Waals surface area contributed by atoms with Crippen LogP contribution in [0.2, 0.25) is 0 Å². The van der Waals surface area contributed by atoms with Crippen LogP contribution in [-0.2, 0) is 11.2 Å². The second-order valence-corrected chi connectivity index (χ2v) is 3.06. The Balaban J connectivity index is 2.95. The molecule has 0 N–H and O–H groups in total. The van der Waals surface area contributed by atoms with Gasteiger partial charge in [-0.3, -0.25) is 10.1 Å². The van der Waals surface area contributed by atoms with Gasteiger partial charge in [-0.05, 0) is 18.9 Å². The third-order valence-corrected chi connectivity index (χ3v) is 2.19. The fourth-order valence-corrected chi connectivity index (χ4v) is 1.35. The number of hydrogen-bond donors (Lipinski definition) is 0. The van der Waals surface area contributed by atoms with Crippen LogP contribution in [0, 0.1) is 17.0 Å². The lowest BCUT2D eigenvalue weighted by atomic mass is 10.0. The summed E-state index contributed by atoms with van der Waals surface area (Å²) in [4.78, 5) is 10.3. The first kappa shape index (κ1) is 10.7. The van der Waals surface area contributed by atoms with Gasteiger partial charge in [0.25, 0.3) is 5.69 Å². The molecule has 76 valence electrons. The molecule has 0 heterocycles. The summed E-state index contributed by atoms with van der Waals surface area (Å²) in [7, 11) is 1.62. The molecule has 0 aliphatic rings. The van der Waals surface area contributed by atoms with Crippen molar-refractivity contribution in [2.45, 2.75) is 13.3 Å². The van der Waals surface area contributed by atoms with Crippen molar-refractivity contribution in [3.63, 3.8) is 0 Å². The Morgan fingerprint density at radius 2 is 2.21 bits per heavy atom. The fourth-order valence-electron chi connectivity index (χ4n) is 1.35. The largest absolute Gasteiger partial charge is 0.384 e. The van der Waals surface area contributed by atoms with E-state index < -0.39 is 0 Å². The number of nitro benzene ring substituents is 1. The van der Waals surface area contributed by atoms with Crippen LogP contribution in [0.25, 0.3) is 0 Å². The summed E-state index contributed by atoms with van der Waals surface area (Å²) in [5.74, 6) is 0. The van der Waals surface area contributed by atoms with Gasteiger partial charge in [-0.1, -0.05) is 12.1 Å². The molecule has 0 aromatic heterocycles. The fraction of sp³-hybridized carbons (Fsp3) is 0.400. The Kier molecular flexibility index (Phi) is 3.59. The van der Waals surface area contributed by atoms with Crippen LogP contribution < -0.4 is 0 Å². The van der Waals surface area contributed by atoms with Crippen molar-refractivity contribution < 1.29 is 9.66 Å². The summed E-state index contributed by atoms with van der Waals surface area (Å²) in [6.45, 7) is 2.35. The third kappa shape index (κ3) is 2.29. The van der Waals surface area contributed by atoms with Gasteiger partial charge in [0.1, 0.15) is 0 Å². The molecule has 4 nitrogen and oxygen atoms in total. The average Bonchev–Trinajstić information content (AvgIpc) is 2.16. The van der Waals surface area contributed by atoms with Gasteiger partial charge in [-0.25, -0.2) is 0 Å². The van der Waals surface area contributed by atoms with Crippen molar-refractivity contribution in [2.24, 2.45) is 0 Å². The van der Waals surface area contributed by atoms with Gasteiger partial charge in [0.15, 0.2) is 0 Å². The molecule has 0 saturated carbocycles. The molecule has 0 saturated heterocycles. The molecule has 0 aliphatic carbocycles. The number of rotatable bonds is 4. The van der Waals surface area contributed by atoms with Crippen molar-refractivity contribution >= 4 is 5.69 Å². The number of hydrogen-bond acceptors (Lipinski definition) is 3. The van der Waals surface area contributed by atoms with Gasteiger partial charge in [0, 0.05) is 18.7 Å². The lowest BCUT2D eigenvalue weighted by molar-refractivity contribution is -0.385. The van der Waals surface area contributed by atoms with Gasteiger partial charge in [-0.15, -0.1) is 0 Å². The van der Waals surface area contributed by atoms with E-state index in [4.69, 9.17) is 4.74 Å². The van der Waals surface area contributed by atoms with Gasteiger partial charge < -0.3 is 4.74 Å². The van der Waals surface area contributed by atoms with Crippen molar-refractivity contribution in [3.05, 3.63) is 39.4 Å². The van der Waals surface area contributed by atoms with E-state index in [0.29, 0.717) is 13.0 Å². The summed E-state index contributed by atoms with van der Waals surface area (Å²) in [6.07, 6.45) is 0.712. The van der Waals surface area contributed by atoms with E-state index in [-0.39, 0.29) is 10.6 Å². The van der Waals surface area contributed by atoms with Crippen molar-refractivity contribution in [3.8, 4) is 0 Å². The SMILES string of the molecule is COCCc1cccc([N+](=O)[O-])c1C. The molecule has 0 radical (unpaired) electrons. The minimum atomic E-state index is -0.356. The number of nitro groups is 1. The molecular weight excluding hydrogens is 182 g/mol. The zero-order valence-corrected chi connectivity index (χ0v) is 8.32. The summed E-state index contributed by atoms with van der Waals surface area (Å²) in [5, 5.41) is 10.6. The monoisotopic (exact) mass is 195 g/mol. The van der Waals surface area contributed by atoms with Crippen molar-refractivity contribution in [1.82, 2.24) is 0 Å². The van der Waals surface area contributed by atoms with Gasteiger partial charge >= 0.3 is 0 Å². The van der Waals surface area contributed by atoms with Crippen LogP contribution in [-0.4, -0.2) is 18.6 Å². The Hall–Kier alpha value is -1.42. The van der Waals surface area contributed by atoms with Crippen LogP contribution in [0.15, 0.2) is 18.2 Å². The topological polar surface area (TPSA) is 52.4 Å². The lowest BCUT2D eigenvalue weighted by Crippen LogP contribution is -2.00. The maximum Gasteiger partial charge on any atom is 0.272 e. The minimum absolute atomic E-state index is 0.179. The molecule has 1 aromatic carbocycles. The van der Waals surface area contributed by atoms with E-state index in [1.165, 1.54) is 6.07 Å². The number of nitrogens with zero attached hydrogens (tertiary/aromatic N) is 1. The molecule has 1 aromatic rings. The van der Waals surface area contributed by atoms with Gasteiger partial charge in [0.05, 0.1) is 11.5 Å². The summed E-state index contributed by atoms with van der Waals surface area (Å²) in [5.41, 5.74) is 1.88. The standard InChI is InChI=1S/C10H13NO3/c1-8-9(6-7-14-2)4-3-5-10(8)11(12)13/h3-5H,6-7H2,1-2H3. The predicted octanol–water partition coefficient (Wildman–Crippen LogP) is 2.09. The molecule has 4 heteroatoms. The van der Waals surface area contributed by atoms with Crippen molar-refractivity contribution in [1.29, 1.82) is 0 Å². The molecule has 0 amide bonds. The average molecular weight is 195 g/mol. The third-order valence-electron chi connectivity index (χ3n) is 2.19. The molecule has 1 rings (SSSR count). The van der Waals surface area contributed by atoms with E-state index in [2.05, 4.69) is 0 Å². The van der Waals surface area contributed by atoms with Gasteiger partial charge in [-0.2, -0.15) is 0 Å². The second-order valence-electron chi connectivity index (χ2n) is 3.06. The number of methoxy groups -OCH3 is 1. The highest BCUT2D eigenvalue weighted by atomic mass is 16.6. The van der Waals surface area contributed by atoms with E-state index in [1.54, 1.807) is 20.1 Å². The zero-order chi connectivity index (χ0) is 10.6. The summed E-state index contributed by atoms with van der Waals surface area (Å²) < 4.78 is 4.93. The van der Waals surface area contributed by atoms with Crippen LogP contribution in [0.3, 0.4) is 0 Å². The Morgan fingerprint density at radius 1 is 1.50 bits per heavy atom. The van der Waals surface area contributed by atoms with Crippen LogP contribution in [0.4, 0.5) is 5.69 Å². The highest BCUT2D eigenvalue weighted by Crippen LogP contribution is 2.21. The Bertz CT molecular complexity index is 336. The molecule has 0 spiro atoms.